The second-order valence-electron chi connectivity index (χ2n) is 8.21. The van der Waals surface area contributed by atoms with Crippen molar-refractivity contribution in [1.82, 2.24) is 10.2 Å². The van der Waals surface area contributed by atoms with Crippen molar-refractivity contribution in [3.05, 3.63) is 62.8 Å². The topological polar surface area (TPSA) is 86.8 Å². The summed E-state index contributed by atoms with van der Waals surface area (Å²) in [6.07, 6.45) is 1.18. The minimum Gasteiger partial charge on any atom is -0.352 e. The average Bonchev–Trinajstić information content (AvgIpc) is 2.74. The third kappa shape index (κ3) is 7.96. The average molecular weight is 567 g/mol. The molecule has 1 atom stereocenters. The molecule has 0 heterocycles. The zero-order chi connectivity index (χ0) is 26.5. The van der Waals surface area contributed by atoms with Gasteiger partial charge >= 0.3 is 0 Å². The second kappa shape index (κ2) is 12.3. The lowest BCUT2D eigenvalue weighted by Crippen LogP contribution is -2.53. The van der Waals surface area contributed by atoms with E-state index >= 15 is 0 Å². The first kappa shape index (κ1) is 29.2. The van der Waals surface area contributed by atoms with E-state index in [0.29, 0.717) is 15.6 Å². The van der Waals surface area contributed by atoms with Gasteiger partial charge in [-0.2, -0.15) is 0 Å². The molecule has 2 aromatic rings. The molecule has 0 fully saturated rings. The predicted molar refractivity (Wildman–Crippen MR) is 138 cm³/mol. The fourth-order valence-electron chi connectivity index (χ4n) is 3.39. The highest BCUT2D eigenvalue weighted by Gasteiger charge is 2.32. The molecule has 2 amide bonds. The van der Waals surface area contributed by atoms with E-state index in [0.717, 1.165) is 22.7 Å². The summed E-state index contributed by atoms with van der Waals surface area (Å²) < 4.78 is 39.6. The Morgan fingerprint density at radius 3 is 2.23 bits per heavy atom. The second-order valence-corrected chi connectivity index (χ2v) is 11.4. The van der Waals surface area contributed by atoms with E-state index in [1.807, 2.05) is 0 Å². The Balaban J connectivity index is 2.50. The molecule has 2 aromatic carbocycles. The molecule has 35 heavy (non-hydrogen) atoms. The molecule has 1 N–H and O–H groups in total. The summed E-state index contributed by atoms with van der Waals surface area (Å²) in [5.41, 5.74) is 0.535. The van der Waals surface area contributed by atoms with Crippen LogP contribution in [0.15, 0.2) is 36.4 Å². The van der Waals surface area contributed by atoms with Crippen LogP contribution in [0.25, 0.3) is 0 Å². The predicted octanol–water partition coefficient (Wildman–Crippen LogP) is 4.88. The Morgan fingerprint density at radius 2 is 1.71 bits per heavy atom. The molecule has 0 aliphatic carbocycles. The Bertz CT molecular complexity index is 1190. The smallest absolute Gasteiger partial charge is 0.244 e. The standard InChI is InChI=1S/C23H27Cl3FN3O4S/c1-5-21(23(32)28-14(2)3)29(12-15-6-7-16(24)10-18(15)25)22(31)13-30(35(4,33)34)17-8-9-20(27)19(26)11-17/h6-11,14,21H,5,12-13H2,1-4H3,(H,28,32)/t21-/m1/s1. The van der Waals surface area contributed by atoms with Crippen molar-refractivity contribution in [1.29, 1.82) is 0 Å². The molecule has 0 unspecified atom stereocenters. The minimum atomic E-state index is -3.97. The molecule has 0 spiro atoms. The highest BCUT2D eigenvalue weighted by molar-refractivity contribution is 7.92. The van der Waals surface area contributed by atoms with Crippen molar-refractivity contribution >= 4 is 62.3 Å². The fourth-order valence-corrected chi connectivity index (χ4v) is 4.87. The molecular formula is C23H27Cl3FN3O4S. The van der Waals surface area contributed by atoms with Crippen LogP contribution in [0.1, 0.15) is 32.8 Å². The van der Waals surface area contributed by atoms with Gasteiger partial charge in [0.15, 0.2) is 0 Å². The van der Waals surface area contributed by atoms with Gasteiger partial charge in [0.2, 0.25) is 21.8 Å². The van der Waals surface area contributed by atoms with E-state index < -0.39 is 40.2 Å². The fraction of sp³-hybridized carbons (Fsp3) is 0.391. The number of carbonyl (C=O) groups excluding carboxylic acids is 2. The van der Waals surface area contributed by atoms with Crippen LogP contribution < -0.4 is 9.62 Å². The lowest BCUT2D eigenvalue weighted by molar-refractivity contribution is -0.140. The first-order valence-electron chi connectivity index (χ1n) is 10.7. The number of rotatable bonds is 10. The maximum Gasteiger partial charge on any atom is 0.244 e. The maximum atomic E-state index is 13.7. The third-order valence-electron chi connectivity index (χ3n) is 5.04. The zero-order valence-electron chi connectivity index (χ0n) is 19.7. The summed E-state index contributed by atoms with van der Waals surface area (Å²) in [5, 5.41) is 3.19. The summed E-state index contributed by atoms with van der Waals surface area (Å²) in [6.45, 7) is 4.60. The number of hydrogen-bond donors (Lipinski definition) is 1. The highest BCUT2D eigenvalue weighted by Crippen LogP contribution is 2.27. The van der Waals surface area contributed by atoms with E-state index in [2.05, 4.69) is 5.32 Å². The lowest BCUT2D eigenvalue weighted by atomic mass is 10.1. The molecule has 0 saturated carbocycles. The monoisotopic (exact) mass is 565 g/mol. The molecule has 0 aliphatic heterocycles. The quantitative estimate of drug-likeness (QED) is 0.444. The summed E-state index contributed by atoms with van der Waals surface area (Å²) in [4.78, 5) is 27.8. The van der Waals surface area contributed by atoms with Crippen molar-refractivity contribution in [2.75, 3.05) is 17.1 Å². The van der Waals surface area contributed by atoms with Gasteiger partial charge in [-0.1, -0.05) is 47.8 Å². The molecule has 0 saturated heterocycles. The molecule has 0 bridgehead atoms. The van der Waals surface area contributed by atoms with Crippen molar-refractivity contribution in [2.24, 2.45) is 0 Å². The first-order chi connectivity index (χ1) is 16.2. The van der Waals surface area contributed by atoms with Gasteiger partial charge in [-0.3, -0.25) is 13.9 Å². The van der Waals surface area contributed by atoms with Gasteiger partial charge in [0, 0.05) is 22.6 Å². The van der Waals surface area contributed by atoms with Crippen molar-refractivity contribution < 1.29 is 22.4 Å². The lowest BCUT2D eigenvalue weighted by Gasteiger charge is -2.33. The van der Waals surface area contributed by atoms with Crippen molar-refractivity contribution in [3.8, 4) is 0 Å². The molecular weight excluding hydrogens is 540 g/mol. The van der Waals surface area contributed by atoms with Crippen LogP contribution in [-0.2, 0) is 26.2 Å². The SMILES string of the molecule is CC[C@H](C(=O)NC(C)C)N(Cc1ccc(Cl)cc1Cl)C(=O)CN(c1ccc(F)c(Cl)c1)S(C)(=O)=O. The zero-order valence-corrected chi connectivity index (χ0v) is 22.8. The molecule has 12 heteroatoms. The van der Waals surface area contributed by atoms with Gasteiger partial charge in [-0.15, -0.1) is 0 Å². The number of anilines is 1. The van der Waals surface area contributed by atoms with E-state index in [1.165, 1.54) is 17.0 Å². The molecule has 192 valence electrons. The number of carbonyl (C=O) groups is 2. The number of nitrogens with zero attached hydrogens (tertiary/aromatic N) is 2. The van der Waals surface area contributed by atoms with Crippen LogP contribution in [-0.4, -0.2) is 50.0 Å². The summed E-state index contributed by atoms with van der Waals surface area (Å²) in [7, 11) is -3.97. The Hall–Kier alpha value is -2.07. The number of hydrogen-bond acceptors (Lipinski definition) is 4. The number of nitrogens with one attached hydrogen (secondary N) is 1. The third-order valence-corrected chi connectivity index (χ3v) is 7.06. The number of amides is 2. The number of halogens is 4. The van der Waals surface area contributed by atoms with Crippen LogP contribution >= 0.6 is 34.8 Å². The molecule has 2 rings (SSSR count). The van der Waals surface area contributed by atoms with E-state index in [9.17, 15) is 22.4 Å². The normalized spacial score (nSPS) is 12.4. The van der Waals surface area contributed by atoms with Crippen molar-refractivity contribution in [3.63, 3.8) is 0 Å². The van der Waals surface area contributed by atoms with Gasteiger partial charge in [-0.25, -0.2) is 12.8 Å². The highest BCUT2D eigenvalue weighted by atomic mass is 35.5. The number of benzene rings is 2. The van der Waals surface area contributed by atoms with Crippen LogP contribution in [0.4, 0.5) is 10.1 Å². The summed E-state index contributed by atoms with van der Waals surface area (Å²) >= 11 is 18.1. The number of sulfonamides is 1. The first-order valence-corrected chi connectivity index (χ1v) is 13.7. The van der Waals surface area contributed by atoms with Gasteiger partial charge in [0.25, 0.3) is 0 Å². The van der Waals surface area contributed by atoms with Gasteiger partial charge in [0.05, 0.1) is 17.0 Å². The Kier molecular flexibility index (Phi) is 10.2. The van der Waals surface area contributed by atoms with E-state index in [-0.39, 0.29) is 29.7 Å². The van der Waals surface area contributed by atoms with Gasteiger partial charge in [-0.05, 0) is 56.2 Å². The minimum absolute atomic E-state index is 0.0106. The maximum absolute atomic E-state index is 13.7. The largest absolute Gasteiger partial charge is 0.352 e. The molecule has 0 aliphatic rings. The van der Waals surface area contributed by atoms with Crippen LogP contribution in [0, 0.1) is 5.82 Å². The van der Waals surface area contributed by atoms with Crippen LogP contribution in [0.5, 0.6) is 0 Å². The van der Waals surface area contributed by atoms with E-state index in [1.54, 1.807) is 32.9 Å². The molecule has 7 nitrogen and oxygen atoms in total. The summed E-state index contributed by atoms with van der Waals surface area (Å²) in [6, 6.07) is 7.00. The molecule has 0 radical (unpaired) electrons. The summed E-state index contributed by atoms with van der Waals surface area (Å²) in [5.74, 6) is -1.78. The molecule has 0 aromatic heterocycles. The van der Waals surface area contributed by atoms with Gasteiger partial charge < -0.3 is 10.2 Å². The Morgan fingerprint density at radius 1 is 1.06 bits per heavy atom. The van der Waals surface area contributed by atoms with Crippen LogP contribution in [0.3, 0.4) is 0 Å². The van der Waals surface area contributed by atoms with Gasteiger partial charge in [0.1, 0.15) is 18.4 Å². The van der Waals surface area contributed by atoms with Crippen molar-refractivity contribution in [2.45, 2.75) is 45.8 Å². The van der Waals surface area contributed by atoms with Crippen LogP contribution in [0.2, 0.25) is 15.1 Å². The Labute approximate surface area is 220 Å². The van der Waals surface area contributed by atoms with E-state index in [4.69, 9.17) is 34.8 Å².